The minimum Gasteiger partial charge on any atom is -0.371 e. The molecule has 0 bridgehead atoms. The van der Waals surface area contributed by atoms with Crippen molar-refractivity contribution in [1.29, 1.82) is 0 Å². The van der Waals surface area contributed by atoms with Crippen LogP contribution in [-0.2, 0) is 0 Å². The first-order chi connectivity index (χ1) is 7.72. The molecule has 0 aliphatic rings. The smallest absolute Gasteiger partial charge is 0.0572 e. The number of pyridine rings is 1. The molecule has 0 amide bonds. The van der Waals surface area contributed by atoms with Gasteiger partial charge in [0.2, 0.25) is 0 Å². The van der Waals surface area contributed by atoms with E-state index in [4.69, 9.17) is 5.73 Å². The average Bonchev–Trinajstić information content (AvgIpc) is 2.35. The van der Waals surface area contributed by atoms with Crippen molar-refractivity contribution < 1.29 is 0 Å². The minimum absolute atomic E-state index is 0.0651. The monoisotopic (exact) mass is 221 g/mol. The van der Waals surface area contributed by atoms with Crippen LogP contribution in [0, 0.1) is 0 Å². The zero-order chi connectivity index (χ0) is 12.0. The second kappa shape index (κ2) is 6.48. The van der Waals surface area contributed by atoms with Crippen LogP contribution < -0.4 is 10.6 Å². The molecular weight excluding hydrogens is 198 g/mol. The molecule has 3 nitrogen and oxygen atoms in total. The maximum Gasteiger partial charge on any atom is 0.0572 e. The SMILES string of the molecule is CCCN(CC)c1ccc([C@H](N)CC)nc1. The highest BCUT2D eigenvalue weighted by molar-refractivity contribution is 5.44. The summed E-state index contributed by atoms with van der Waals surface area (Å²) < 4.78 is 0. The maximum atomic E-state index is 5.94. The lowest BCUT2D eigenvalue weighted by Crippen LogP contribution is -2.23. The number of hydrogen-bond donors (Lipinski definition) is 1. The largest absolute Gasteiger partial charge is 0.371 e. The maximum absolute atomic E-state index is 5.94. The van der Waals surface area contributed by atoms with Gasteiger partial charge in [-0.1, -0.05) is 13.8 Å². The van der Waals surface area contributed by atoms with Crippen LogP contribution in [0.5, 0.6) is 0 Å². The zero-order valence-corrected chi connectivity index (χ0v) is 10.6. The molecule has 90 valence electrons. The first kappa shape index (κ1) is 13.0. The molecule has 0 radical (unpaired) electrons. The van der Waals surface area contributed by atoms with Crippen molar-refractivity contribution in [2.24, 2.45) is 5.73 Å². The number of nitrogens with zero attached hydrogens (tertiary/aromatic N) is 2. The molecule has 0 aliphatic carbocycles. The normalized spacial score (nSPS) is 12.5. The van der Waals surface area contributed by atoms with Crippen LogP contribution in [-0.4, -0.2) is 18.1 Å². The average molecular weight is 221 g/mol. The molecule has 1 rings (SSSR count). The van der Waals surface area contributed by atoms with Crippen LogP contribution in [0.25, 0.3) is 0 Å². The van der Waals surface area contributed by atoms with Gasteiger partial charge in [-0.05, 0) is 31.9 Å². The molecule has 1 aromatic rings. The summed E-state index contributed by atoms with van der Waals surface area (Å²) in [6.07, 6.45) is 4.02. The van der Waals surface area contributed by atoms with Crippen LogP contribution in [0.1, 0.15) is 45.3 Å². The van der Waals surface area contributed by atoms with E-state index in [1.165, 1.54) is 5.69 Å². The number of aromatic nitrogens is 1. The highest BCUT2D eigenvalue weighted by Gasteiger charge is 2.07. The third-order valence-electron chi connectivity index (χ3n) is 2.83. The van der Waals surface area contributed by atoms with Crippen LogP contribution >= 0.6 is 0 Å². The Morgan fingerprint density at radius 1 is 1.31 bits per heavy atom. The van der Waals surface area contributed by atoms with Gasteiger partial charge in [-0.15, -0.1) is 0 Å². The van der Waals surface area contributed by atoms with Crippen molar-refractivity contribution in [3.63, 3.8) is 0 Å². The van der Waals surface area contributed by atoms with Crippen molar-refractivity contribution in [3.05, 3.63) is 24.0 Å². The highest BCUT2D eigenvalue weighted by Crippen LogP contribution is 2.17. The molecule has 0 saturated heterocycles. The van der Waals surface area contributed by atoms with E-state index in [-0.39, 0.29) is 6.04 Å². The summed E-state index contributed by atoms with van der Waals surface area (Å²) in [5.74, 6) is 0. The van der Waals surface area contributed by atoms with Crippen LogP contribution in [0.3, 0.4) is 0 Å². The fourth-order valence-electron chi connectivity index (χ4n) is 1.75. The summed E-state index contributed by atoms with van der Waals surface area (Å²) in [5, 5.41) is 0. The predicted octanol–water partition coefficient (Wildman–Crippen LogP) is 2.73. The summed E-state index contributed by atoms with van der Waals surface area (Å²) in [5.41, 5.74) is 8.11. The van der Waals surface area contributed by atoms with Gasteiger partial charge in [0.1, 0.15) is 0 Å². The van der Waals surface area contributed by atoms with Crippen molar-refractivity contribution in [1.82, 2.24) is 4.98 Å². The lowest BCUT2D eigenvalue weighted by Gasteiger charge is -2.22. The molecule has 0 fully saturated rings. The predicted molar refractivity (Wildman–Crippen MR) is 69.6 cm³/mol. The van der Waals surface area contributed by atoms with Crippen LogP contribution in [0.15, 0.2) is 18.3 Å². The number of nitrogens with two attached hydrogens (primary N) is 1. The van der Waals surface area contributed by atoms with Crippen molar-refractivity contribution in [2.75, 3.05) is 18.0 Å². The molecule has 1 aromatic heterocycles. The molecule has 1 heterocycles. The van der Waals surface area contributed by atoms with Gasteiger partial charge in [0.15, 0.2) is 0 Å². The topological polar surface area (TPSA) is 42.1 Å². The van der Waals surface area contributed by atoms with Gasteiger partial charge in [-0.25, -0.2) is 0 Å². The summed E-state index contributed by atoms with van der Waals surface area (Å²) in [7, 11) is 0. The van der Waals surface area contributed by atoms with Gasteiger partial charge in [0, 0.05) is 19.1 Å². The Bertz CT molecular complexity index is 295. The Hall–Kier alpha value is -1.09. The van der Waals surface area contributed by atoms with Gasteiger partial charge in [0.05, 0.1) is 17.6 Å². The van der Waals surface area contributed by atoms with Crippen molar-refractivity contribution in [3.8, 4) is 0 Å². The molecule has 0 aromatic carbocycles. The van der Waals surface area contributed by atoms with Crippen LogP contribution in [0.4, 0.5) is 5.69 Å². The summed E-state index contributed by atoms with van der Waals surface area (Å²) >= 11 is 0. The van der Waals surface area contributed by atoms with E-state index in [9.17, 15) is 0 Å². The highest BCUT2D eigenvalue weighted by atomic mass is 15.1. The summed E-state index contributed by atoms with van der Waals surface area (Å²) in [6.45, 7) is 8.54. The molecule has 0 aliphatic heterocycles. The molecule has 0 saturated carbocycles. The number of hydrogen-bond acceptors (Lipinski definition) is 3. The molecule has 1 atom stereocenters. The first-order valence-corrected chi connectivity index (χ1v) is 6.19. The lowest BCUT2D eigenvalue weighted by atomic mass is 10.1. The Kier molecular flexibility index (Phi) is 5.26. The fraction of sp³-hybridized carbons (Fsp3) is 0.615. The van der Waals surface area contributed by atoms with E-state index >= 15 is 0 Å². The van der Waals surface area contributed by atoms with E-state index in [2.05, 4.69) is 36.7 Å². The van der Waals surface area contributed by atoms with E-state index in [1.54, 1.807) is 0 Å². The van der Waals surface area contributed by atoms with E-state index in [1.807, 2.05) is 12.3 Å². The Labute approximate surface area is 98.7 Å². The van der Waals surface area contributed by atoms with Gasteiger partial charge >= 0.3 is 0 Å². The Balaban J connectivity index is 2.76. The lowest BCUT2D eigenvalue weighted by molar-refractivity contribution is 0.674. The second-order valence-corrected chi connectivity index (χ2v) is 4.04. The molecular formula is C13H23N3. The third-order valence-corrected chi connectivity index (χ3v) is 2.83. The van der Waals surface area contributed by atoms with Crippen LogP contribution in [0.2, 0.25) is 0 Å². The van der Waals surface area contributed by atoms with E-state index < -0.39 is 0 Å². The van der Waals surface area contributed by atoms with Gasteiger partial charge < -0.3 is 10.6 Å². The minimum atomic E-state index is 0.0651. The molecule has 2 N–H and O–H groups in total. The van der Waals surface area contributed by atoms with Gasteiger partial charge in [0.25, 0.3) is 0 Å². The summed E-state index contributed by atoms with van der Waals surface area (Å²) in [6, 6.07) is 4.23. The Morgan fingerprint density at radius 3 is 2.50 bits per heavy atom. The Morgan fingerprint density at radius 2 is 2.06 bits per heavy atom. The quantitative estimate of drug-likeness (QED) is 0.803. The van der Waals surface area contributed by atoms with Gasteiger partial charge in [-0.3, -0.25) is 4.98 Å². The van der Waals surface area contributed by atoms with E-state index in [0.29, 0.717) is 0 Å². The second-order valence-electron chi connectivity index (χ2n) is 4.04. The fourth-order valence-corrected chi connectivity index (χ4v) is 1.75. The van der Waals surface area contributed by atoms with Gasteiger partial charge in [-0.2, -0.15) is 0 Å². The van der Waals surface area contributed by atoms with E-state index in [0.717, 1.165) is 31.6 Å². The third kappa shape index (κ3) is 3.20. The van der Waals surface area contributed by atoms with Crippen molar-refractivity contribution in [2.45, 2.75) is 39.7 Å². The molecule has 3 heteroatoms. The molecule has 0 spiro atoms. The first-order valence-electron chi connectivity index (χ1n) is 6.19. The summed E-state index contributed by atoms with van der Waals surface area (Å²) in [4.78, 5) is 6.76. The number of rotatable bonds is 6. The zero-order valence-electron chi connectivity index (χ0n) is 10.6. The number of anilines is 1. The molecule has 16 heavy (non-hydrogen) atoms. The van der Waals surface area contributed by atoms with Crippen molar-refractivity contribution >= 4 is 5.69 Å². The molecule has 0 unspecified atom stereocenters. The standard InChI is InChI=1S/C13H23N3/c1-4-9-16(6-3)11-7-8-13(15-10-11)12(14)5-2/h7-8,10,12H,4-6,9,14H2,1-3H3/t12-/m1/s1.